The van der Waals surface area contributed by atoms with Gasteiger partial charge >= 0.3 is 0 Å². The van der Waals surface area contributed by atoms with E-state index in [1.54, 1.807) is 36.7 Å². The summed E-state index contributed by atoms with van der Waals surface area (Å²) >= 11 is 0. The van der Waals surface area contributed by atoms with Gasteiger partial charge in [0.25, 0.3) is 0 Å². The molecule has 0 bridgehead atoms. The monoisotopic (exact) mass is 274 g/mol. The molecule has 0 aliphatic carbocycles. The Kier molecular flexibility index (Phi) is 4.53. The topological polar surface area (TPSA) is 64.5 Å². The summed E-state index contributed by atoms with van der Waals surface area (Å²) in [6, 6.07) is 7.01. The summed E-state index contributed by atoms with van der Waals surface area (Å²) in [5.74, 6) is 1.09. The molecule has 20 heavy (non-hydrogen) atoms. The SMILES string of the molecule is COc1cccc(C(O)c2cncc(OC(C)C)c2)n1. The summed E-state index contributed by atoms with van der Waals surface area (Å²) in [7, 11) is 1.54. The van der Waals surface area contributed by atoms with Crippen LogP contribution in [0.1, 0.15) is 31.2 Å². The van der Waals surface area contributed by atoms with E-state index in [1.165, 1.54) is 7.11 Å². The number of ether oxygens (including phenoxy) is 2. The number of aliphatic hydroxyl groups excluding tert-OH is 1. The van der Waals surface area contributed by atoms with Crippen molar-refractivity contribution in [2.24, 2.45) is 0 Å². The van der Waals surface area contributed by atoms with Gasteiger partial charge in [0, 0.05) is 17.8 Å². The Labute approximate surface area is 118 Å². The molecular weight excluding hydrogens is 256 g/mol. The molecule has 2 heterocycles. The molecule has 106 valence electrons. The summed E-state index contributed by atoms with van der Waals surface area (Å²) in [5.41, 5.74) is 1.14. The number of hydrogen-bond acceptors (Lipinski definition) is 5. The van der Waals surface area contributed by atoms with Crippen LogP contribution in [0.5, 0.6) is 11.6 Å². The van der Waals surface area contributed by atoms with Crippen molar-refractivity contribution in [3.05, 3.63) is 47.9 Å². The van der Waals surface area contributed by atoms with Gasteiger partial charge in [-0.2, -0.15) is 0 Å². The van der Waals surface area contributed by atoms with Crippen molar-refractivity contribution in [3.8, 4) is 11.6 Å². The third kappa shape index (κ3) is 3.45. The van der Waals surface area contributed by atoms with Crippen molar-refractivity contribution >= 4 is 0 Å². The minimum absolute atomic E-state index is 0.0548. The Morgan fingerprint density at radius 1 is 1.20 bits per heavy atom. The standard InChI is InChI=1S/C15H18N2O3/c1-10(2)20-12-7-11(8-16-9-12)15(18)13-5-4-6-14(17-13)19-3/h4-10,15,18H,1-3H3. The van der Waals surface area contributed by atoms with Gasteiger partial charge in [-0.15, -0.1) is 0 Å². The minimum atomic E-state index is -0.867. The van der Waals surface area contributed by atoms with Crippen LogP contribution in [0.25, 0.3) is 0 Å². The van der Waals surface area contributed by atoms with E-state index < -0.39 is 6.10 Å². The Morgan fingerprint density at radius 3 is 2.70 bits per heavy atom. The average Bonchev–Trinajstić information content (AvgIpc) is 2.46. The van der Waals surface area contributed by atoms with E-state index >= 15 is 0 Å². The lowest BCUT2D eigenvalue weighted by Crippen LogP contribution is -2.08. The highest BCUT2D eigenvalue weighted by molar-refractivity contribution is 5.31. The maximum absolute atomic E-state index is 10.4. The highest BCUT2D eigenvalue weighted by Crippen LogP contribution is 2.24. The van der Waals surface area contributed by atoms with E-state index in [0.717, 1.165) is 0 Å². The Balaban J connectivity index is 2.25. The molecule has 0 aliphatic heterocycles. The second-order valence-corrected chi connectivity index (χ2v) is 4.63. The van der Waals surface area contributed by atoms with Crippen molar-refractivity contribution < 1.29 is 14.6 Å². The molecule has 0 aromatic carbocycles. The smallest absolute Gasteiger partial charge is 0.213 e. The molecule has 0 radical (unpaired) electrons. The molecule has 1 unspecified atom stereocenters. The number of pyridine rings is 2. The number of aromatic nitrogens is 2. The highest BCUT2D eigenvalue weighted by Gasteiger charge is 2.14. The normalized spacial score (nSPS) is 12.2. The first-order valence-corrected chi connectivity index (χ1v) is 6.40. The number of aliphatic hydroxyl groups is 1. The molecule has 2 rings (SSSR count). The Hall–Kier alpha value is -2.14. The molecule has 2 aromatic rings. The predicted octanol–water partition coefficient (Wildman–Crippen LogP) is 2.35. The summed E-state index contributed by atoms with van der Waals surface area (Å²) in [6.45, 7) is 3.87. The molecule has 5 nitrogen and oxygen atoms in total. The van der Waals surface area contributed by atoms with E-state index in [0.29, 0.717) is 22.9 Å². The van der Waals surface area contributed by atoms with E-state index in [9.17, 15) is 5.11 Å². The van der Waals surface area contributed by atoms with Crippen LogP contribution in [-0.2, 0) is 0 Å². The first kappa shape index (κ1) is 14.3. The van der Waals surface area contributed by atoms with Gasteiger partial charge in [-0.3, -0.25) is 4.98 Å². The predicted molar refractivity (Wildman–Crippen MR) is 74.9 cm³/mol. The fraction of sp³-hybridized carbons (Fsp3) is 0.333. The minimum Gasteiger partial charge on any atom is -0.489 e. The van der Waals surface area contributed by atoms with Crippen molar-refractivity contribution in [2.75, 3.05) is 7.11 Å². The molecule has 0 saturated carbocycles. The lowest BCUT2D eigenvalue weighted by atomic mass is 10.1. The third-order valence-corrected chi connectivity index (χ3v) is 2.66. The first-order chi connectivity index (χ1) is 9.60. The van der Waals surface area contributed by atoms with Gasteiger partial charge in [-0.1, -0.05) is 6.07 Å². The van der Waals surface area contributed by atoms with Gasteiger partial charge in [0.1, 0.15) is 11.9 Å². The van der Waals surface area contributed by atoms with Crippen molar-refractivity contribution in [1.29, 1.82) is 0 Å². The molecular formula is C15H18N2O3. The maximum Gasteiger partial charge on any atom is 0.213 e. The Morgan fingerprint density at radius 2 is 2.00 bits per heavy atom. The summed E-state index contributed by atoms with van der Waals surface area (Å²) in [4.78, 5) is 8.30. The van der Waals surface area contributed by atoms with Crippen LogP contribution in [0, 0.1) is 0 Å². The van der Waals surface area contributed by atoms with Gasteiger partial charge in [-0.25, -0.2) is 4.98 Å². The quantitative estimate of drug-likeness (QED) is 0.906. The molecule has 0 spiro atoms. The van der Waals surface area contributed by atoms with Crippen molar-refractivity contribution in [3.63, 3.8) is 0 Å². The summed E-state index contributed by atoms with van der Waals surface area (Å²) < 4.78 is 10.6. The van der Waals surface area contributed by atoms with Gasteiger partial charge in [0.05, 0.1) is 25.1 Å². The average molecular weight is 274 g/mol. The van der Waals surface area contributed by atoms with Gasteiger partial charge < -0.3 is 14.6 Å². The van der Waals surface area contributed by atoms with E-state index in [2.05, 4.69) is 9.97 Å². The first-order valence-electron chi connectivity index (χ1n) is 6.40. The Bertz CT molecular complexity index is 573. The van der Waals surface area contributed by atoms with Crippen molar-refractivity contribution in [1.82, 2.24) is 9.97 Å². The fourth-order valence-electron chi connectivity index (χ4n) is 1.79. The van der Waals surface area contributed by atoms with Gasteiger partial charge in [-0.05, 0) is 26.0 Å². The number of hydrogen-bond donors (Lipinski definition) is 1. The van der Waals surface area contributed by atoms with E-state index in [-0.39, 0.29) is 6.10 Å². The second kappa shape index (κ2) is 6.34. The molecule has 2 aromatic heterocycles. The molecule has 1 atom stereocenters. The zero-order valence-corrected chi connectivity index (χ0v) is 11.8. The van der Waals surface area contributed by atoms with Crippen molar-refractivity contribution in [2.45, 2.75) is 26.1 Å². The lowest BCUT2D eigenvalue weighted by molar-refractivity contribution is 0.210. The second-order valence-electron chi connectivity index (χ2n) is 4.63. The lowest BCUT2D eigenvalue weighted by Gasteiger charge is -2.14. The van der Waals surface area contributed by atoms with Crippen LogP contribution in [0.4, 0.5) is 0 Å². The van der Waals surface area contributed by atoms with Crippen LogP contribution >= 0.6 is 0 Å². The van der Waals surface area contributed by atoms with Crippen LogP contribution < -0.4 is 9.47 Å². The van der Waals surface area contributed by atoms with Gasteiger partial charge in [0.15, 0.2) is 0 Å². The molecule has 1 N–H and O–H groups in total. The van der Waals surface area contributed by atoms with E-state index in [4.69, 9.17) is 9.47 Å². The summed E-state index contributed by atoms with van der Waals surface area (Å²) in [6.07, 6.45) is 2.40. The zero-order valence-electron chi connectivity index (χ0n) is 11.8. The molecule has 0 saturated heterocycles. The largest absolute Gasteiger partial charge is 0.489 e. The fourth-order valence-corrected chi connectivity index (χ4v) is 1.79. The molecule has 0 amide bonds. The maximum atomic E-state index is 10.4. The number of methoxy groups -OCH3 is 1. The van der Waals surface area contributed by atoms with E-state index in [1.807, 2.05) is 13.8 Å². The zero-order chi connectivity index (χ0) is 14.5. The van der Waals surface area contributed by atoms with Crippen LogP contribution in [0.15, 0.2) is 36.7 Å². The van der Waals surface area contributed by atoms with Crippen LogP contribution in [0.3, 0.4) is 0 Å². The number of rotatable bonds is 5. The van der Waals surface area contributed by atoms with Crippen LogP contribution in [0.2, 0.25) is 0 Å². The molecule has 5 heteroatoms. The molecule has 0 fully saturated rings. The number of nitrogens with zero attached hydrogens (tertiary/aromatic N) is 2. The molecule has 0 aliphatic rings. The third-order valence-electron chi connectivity index (χ3n) is 2.66. The highest BCUT2D eigenvalue weighted by atomic mass is 16.5. The van der Waals surface area contributed by atoms with Crippen LogP contribution in [-0.4, -0.2) is 28.3 Å². The van der Waals surface area contributed by atoms with Gasteiger partial charge in [0.2, 0.25) is 5.88 Å². The summed E-state index contributed by atoms with van der Waals surface area (Å²) in [5, 5.41) is 10.4.